The van der Waals surface area contributed by atoms with Crippen LogP contribution in [-0.2, 0) is 9.59 Å². The molecule has 0 aromatic carbocycles. The van der Waals surface area contributed by atoms with Crippen molar-refractivity contribution in [3.05, 3.63) is 0 Å². The van der Waals surface area contributed by atoms with E-state index in [0.717, 1.165) is 45.2 Å². The lowest BCUT2D eigenvalue weighted by atomic mass is 9.92. The molecule has 20 heavy (non-hydrogen) atoms. The molecule has 0 spiro atoms. The lowest BCUT2D eigenvalue weighted by Crippen LogP contribution is -2.45. The first-order valence-corrected chi connectivity index (χ1v) is 7.89. The topological polar surface area (TPSA) is 75.4 Å². The molecule has 114 valence electrons. The number of amides is 2. The molecular weight excluding hydrogens is 254 g/mol. The van der Waals surface area contributed by atoms with E-state index in [2.05, 4.69) is 5.32 Å². The molecule has 2 unspecified atom stereocenters. The highest BCUT2D eigenvalue weighted by atomic mass is 16.2. The van der Waals surface area contributed by atoms with Gasteiger partial charge in [0.15, 0.2) is 0 Å². The molecule has 5 heteroatoms. The minimum Gasteiger partial charge on any atom is -0.356 e. The fourth-order valence-electron chi connectivity index (χ4n) is 2.76. The summed E-state index contributed by atoms with van der Waals surface area (Å²) in [5, 5.41) is 2.90. The van der Waals surface area contributed by atoms with E-state index in [4.69, 9.17) is 5.73 Å². The monoisotopic (exact) mass is 281 g/mol. The van der Waals surface area contributed by atoms with Gasteiger partial charge in [-0.3, -0.25) is 9.59 Å². The Morgan fingerprint density at radius 1 is 1.35 bits per heavy atom. The van der Waals surface area contributed by atoms with Crippen molar-refractivity contribution in [2.45, 2.75) is 51.5 Å². The molecule has 0 radical (unpaired) electrons. The lowest BCUT2D eigenvalue weighted by Gasteiger charge is -2.34. The van der Waals surface area contributed by atoms with Gasteiger partial charge in [0, 0.05) is 38.0 Å². The Balaban J connectivity index is 1.62. The van der Waals surface area contributed by atoms with Gasteiger partial charge in [-0.2, -0.15) is 0 Å². The van der Waals surface area contributed by atoms with Crippen molar-refractivity contribution in [2.75, 3.05) is 19.6 Å². The molecule has 2 amide bonds. The van der Waals surface area contributed by atoms with Crippen LogP contribution < -0.4 is 11.1 Å². The Morgan fingerprint density at radius 3 is 2.75 bits per heavy atom. The van der Waals surface area contributed by atoms with E-state index in [-0.39, 0.29) is 23.8 Å². The standard InChI is InChI=1S/C15H27N3O2/c1-11(16)13-4-3-9-18(10-13)14(19)5-2-8-17-15(20)12-6-7-12/h11-13H,2-10,16H2,1H3,(H,17,20). The molecule has 5 nitrogen and oxygen atoms in total. The Kier molecular flexibility index (Phi) is 5.40. The Hall–Kier alpha value is -1.10. The van der Waals surface area contributed by atoms with Gasteiger partial charge >= 0.3 is 0 Å². The normalized spacial score (nSPS) is 24.3. The third-order valence-corrected chi connectivity index (χ3v) is 4.37. The highest BCUT2D eigenvalue weighted by molar-refractivity contribution is 5.81. The molecule has 1 saturated heterocycles. The average molecular weight is 281 g/mol. The summed E-state index contributed by atoms with van der Waals surface area (Å²) in [6.07, 6.45) is 5.48. The number of hydrogen-bond donors (Lipinski definition) is 2. The van der Waals surface area contributed by atoms with Crippen LogP contribution in [0, 0.1) is 11.8 Å². The van der Waals surface area contributed by atoms with Crippen LogP contribution in [0.5, 0.6) is 0 Å². The molecular formula is C15H27N3O2. The van der Waals surface area contributed by atoms with E-state index >= 15 is 0 Å². The van der Waals surface area contributed by atoms with Crippen LogP contribution in [0.1, 0.15) is 45.4 Å². The molecule has 2 atom stereocenters. The number of nitrogens with zero attached hydrogens (tertiary/aromatic N) is 1. The zero-order valence-electron chi connectivity index (χ0n) is 12.4. The molecule has 1 aliphatic carbocycles. The highest BCUT2D eigenvalue weighted by Crippen LogP contribution is 2.28. The summed E-state index contributed by atoms with van der Waals surface area (Å²) in [5.74, 6) is 1.05. The van der Waals surface area contributed by atoms with E-state index in [1.807, 2.05) is 11.8 Å². The number of carbonyl (C=O) groups is 2. The minimum atomic E-state index is 0.156. The second-order valence-corrected chi connectivity index (χ2v) is 6.27. The van der Waals surface area contributed by atoms with E-state index in [9.17, 15) is 9.59 Å². The molecule has 2 aliphatic rings. The summed E-state index contributed by atoms with van der Waals surface area (Å²) in [7, 11) is 0. The van der Waals surface area contributed by atoms with Gasteiger partial charge in [0.05, 0.1) is 0 Å². The largest absolute Gasteiger partial charge is 0.356 e. The SMILES string of the molecule is CC(N)C1CCCN(C(=O)CCCNC(=O)C2CC2)C1. The van der Waals surface area contributed by atoms with Gasteiger partial charge in [-0.15, -0.1) is 0 Å². The molecule has 2 fully saturated rings. The van der Waals surface area contributed by atoms with Gasteiger partial charge < -0.3 is 16.0 Å². The summed E-state index contributed by atoms with van der Waals surface area (Å²) in [6.45, 7) is 4.29. The van der Waals surface area contributed by atoms with Crippen LogP contribution in [0.4, 0.5) is 0 Å². The molecule has 0 aromatic rings. The maximum Gasteiger partial charge on any atom is 0.223 e. The second kappa shape index (κ2) is 7.07. The number of nitrogens with two attached hydrogens (primary N) is 1. The van der Waals surface area contributed by atoms with Crippen molar-refractivity contribution < 1.29 is 9.59 Å². The molecule has 1 saturated carbocycles. The third kappa shape index (κ3) is 4.47. The number of rotatable bonds is 6. The van der Waals surface area contributed by atoms with Gasteiger partial charge in [0.2, 0.25) is 11.8 Å². The Bertz CT molecular complexity index is 353. The first-order chi connectivity index (χ1) is 9.58. The summed E-state index contributed by atoms with van der Waals surface area (Å²) < 4.78 is 0. The van der Waals surface area contributed by atoms with Gasteiger partial charge in [-0.25, -0.2) is 0 Å². The molecule has 0 aromatic heterocycles. The zero-order valence-corrected chi connectivity index (χ0v) is 12.4. The molecule has 3 N–H and O–H groups in total. The smallest absolute Gasteiger partial charge is 0.223 e. The quantitative estimate of drug-likeness (QED) is 0.710. The minimum absolute atomic E-state index is 0.156. The van der Waals surface area contributed by atoms with Gasteiger partial charge in [0.1, 0.15) is 0 Å². The zero-order chi connectivity index (χ0) is 14.5. The molecule has 1 aliphatic heterocycles. The van der Waals surface area contributed by atoms with Gasteiger partial charge in [0.25, 0.3) is 0 Å². The molecule has 1 heterocycles. The van der Waals surface area contributed by atoms with Gasteiger partial charge in [-0.05, 0) is 44.9 Å². The number of carbonyl (C=O) groups excluding carboxylic acids is 2. The van der Waals surface area contributed by atoms with Crippen molar-refractivity contribution in [1.29, 1.82) is 0 Å². The Morgan fingerprint density at radius 2 is 2.10 bits per heavy atom. The first-order valence-electron chi connectivity index (χ1n) is 7.89. The maximum absolute atomic E-state index is 12.1. The summed E-state index contributed by atoms with van der Waals surface area (Å²) >= 11 is 0. The van der Waals surface area contributed by atoms with Crippen LogP contribution in [0.2, 0.25) is 0 Å². The number of piperidine rings is 1. The fourth-order valence-corrected chi connectivity index (χ4v) is 2.76. The Labute approximate surface area is 121 Å². The fraction of sp³-hybridized carbons (Fsp3) is 0.867. The van der Waals surface area contributed by atoms with Crippen LogP contribution in [-0.4, -0.2) is 42.4 Å². The summed E-state index contributed by atoms with van der Waals surface area (Å²) in [4.78, 5) is 25.5. The van der Waals surface area contributed by atoms with Crippen molar-refractivity contribution in [2.24, 2.45) is 17.6 Å². The van der Waals surface area contributed by atoms with Crippen molar-refractivity contribution in [3.63, 3.8) is 0 Å². The predicted octanol–water partition coefficient (Wildman–Crippen LogP) is 0.879. The van der Waals surface area contributed by atoms with Crippen LogP contribution in [0.3, 0.4) is 0 Å². The van der Waals surface area contributed by atoms with Crippen LogP contribution >= 0.6 is 0 Å². The maximum atomic E-state index is 12.1. The first kappa shape index (κ1) is 15.3. The average Bonchev–Trinajstić information content (AvgIpc) is 3.27. The van der Waals surface area contributed by atoms with Crippen LogP contribution in [0.15, 0.2) is 0 Å². The summed E-state index contributed by atoms with van der Waals surface area (Å²) in [5.41, 5.74) is 5.93. The third-order valence-electron chi connectivity index (χ3n) is 4.37. The number of likely N-dealkylation sites (tertiary alicyclic amines) is 1. The van der Waals surface area contributed by atoms with E-state index in [1.165, 1.54) is 0 Å². The predicted molar refractivity (Wildman–Crippen MR) is 77.9 cm³/mol. The second-order valence-electron chi connectivity index (χ2n) is 6.27. The van der Waals surface area contributed by atoms with E-state index in [1.54, 1.807) is 0 Å². The molecule has 2 rings (SSSR count). The van der Waals surface area contributed by atoms with Gasteiger partial charge in [-0.1, -0.05) is 0 Å². The lowest BCUT2D eigenvalue weighted by molar-refractivity contribution is -0.133. The van der Waals surface area contributed by atoms with Crippen LogP contribution in [0.25, 0.3) is 0 Å². The summed E-state index contributed by atoms with van der Waals surface area (Å²) in [6, 6.07) is 0.156. The van der Waals surface area contributed by atoms with Crippen molar-refractivity contribution in [1.82, 2.24) is 10.2 Å². The van der Waals surface area contributed by atoms with E-state index in [0.29, 0.717) is 18.9 Å². The highest BCUT2D eigenvalue weighted by Gasteiger charge is 2.29. The van der Waals surface area contributed by atoms with Crippen molar-refractivity contribution in [3.8, 4) is 0 Å². The van der Waals surface area contributed by atoms with E-state index < -0.39 is 0 Å². The number of nitrogens with one attached hydrogen (secondary N) is 1. The molecule has 0 bridgehead atoms. The van der Waals surface area contributed by atoms with Crippen molar-refractivity contribution >= 4 is 11.8 Å². The number of hydrogen-bond acceptors (Lipinski definition) is 3.